The van der Waals surface area contributed by atoms with Crippen LogP contribution in [0, 0.1) is 0 Å². The van der Waals surface area contributed by atoms with E-state index in [1.165, 1.54) is 13.1 Å². The van der Waals surface area contributed by atoms with Gasteiger partial charge in [-0.3, -0.25) is 0 Å². The van der Waals surface area contributed by atoms with E-state index >= 15 is 0 Å². The fraction of sp³-hybridized carbons (Fsp3) is 0.231. The Labute approximate surface area is 118 Å². The molecule has 0 saturated heterocycles. The van der Waals surface area contributed by atoms with E-state index in [-0.39, 0.29) is 4.90 Å². The van der Waals surface area contributed by atoms with Gasteiger partial charge in [-0.25, -0.2) is 23.1 Å². The Bertz CT molecular complexity index is 729. The van der Waals surface area contributed by atoms with Crippen LogP contribution in [0.1, 0.15) is 12.6 Å². The van der Waals surface area contributed by atoms with E-state index in [0.717, 1.165) is 0 Å². The van der Waals surface area contributed by atoms with Crippen LogP contribution in [0.15, 0.2) is 35.4 Å². The number of benzene rings is 1. The number of hydrogen-bond acceptors (Lipinski definition) is 5. The van der Waals surface area contributed by atoms with Crippen molar-refractivity contribution < 1.29 is 8.42 Å². The molecule has 0 spiro atoms. The molecule has 0 unspecified atom stereocenters. The minimum absolute atomic E-state index is 0.189. The lowest BCUT2D eigenvalue weighted by Gasteiger charge is -2.07. The van der Waals surface area contributed by atoms with Gasteiger partial charge >= 0.3 is 0 Å². The first-order chi connectivity index (χ1) is 9.47. The molecule has 3 N–H and O–H groups in total. The highest BCUT2D eigenvalue weighted by molar-refractivity contribution is 7.89. The van der Waals surface area contributed by atoms with E-state index in [9.17, 15) is 8.42 Å². The number of sulfonamides is 1. The number of nitrogen functional groups attached to an aromatic ring is 1. The summed E-state index contributed by atoms with van der Waals surface area (Å²) in [6.45, 7) is 1.94. The number of nitrogens with two attached hydrogens (primary N) is 1. The van der Waals surface area contributed by atoms with E-state index in [2.05, 4.69) is 14.7 Å². The highest BCUT2D eigenvalue weighted by atomic mass is 32.2. The molecule has 1 aromatic heterocycles. The van der Waals surface area contributed by atoms with Crippen molar-refractivity contribution in [2.24, 2.45) is 0 Å². The Hall–Kier alpha value is -1.99. The fourth-order valence-corrected chi connectivity index (χ4v) is 2.55. The molecule has 0 atom stereocenters. The van der Waals surface area contributed by atoms with Crippen molar-refractivity contribution in [3.8, 4) is 11.3 Å². The second-order valence-electron chi connectivity index (χ2n) is 4.18. The Kier molecular flexibility index (Phi) is 4.01. The second-order valence-corrected chi connectivity index (χ2v) is 6.06. The number of aryl methyl sites for hydroxylation is 1. The Morgan fingerprint density at radius 3 is 2.75 bits per heavy atom. The standard InChI is InChI=1S/C13H16N4O2S/c1-3-11-13(14)16-8-12(17-11)9-5-4-6-10(7-9)20(18,19)15-2/h4-8,15H,3H2,1-2H3,(H2,14,16). The third-order valence-corrected chi connectivity index (χ3v) is 4.33. The van der Waals surface area contributed by atoms with Gasteiger partial charge in [-0.05, 0) is 25.6 Å². The number of rotatable bonds is 4. The van der Waals surface area contributed by atoms with Gasteiger partial charge in [-0.1, -0.05) is 19.1 Å². The minimum atomic E-state index is -3.48. The summed E-state index contributed by atoms with van der Waals surface area (Å²) in [6, 6.07) is 6.55. The average Bonchev–Trinajstić information content (AvgIpc) is 2.48. The quantitative estimate of drug-likeness (QED) is 0.882. The van der Waals surface area contributed by atoms with Crippen LogP contribution in [0.2, 0.25) is 0 Å². The van der Waals surface area contributed by atoms with Crippen LogP contribution in [0.3, 0.4) is 0 Å². The first-order valence-corrected chi connectivity index (χ1v) is 7.61. The van der Waals surface area contributed by atoms with E-state index in [0.29, 0.717) is 29.2 Å². The molecule has 0 fully saturated rings. The molecule has 0 radical (unpaired) electrons. The summed E-state index contributed by atoms with van der Waals surface area (Å²) in [4.78, 5) is 8.68. The summed E-state index contributed by atoms with van der Waals surface area (Å²) in [7, 11) is -2.10. The van der Waals surface area contributed by atoms with Gasteiger partial charge in [0.1, 0.15) is 5.82 Å². The number of aromatic nitrogens is 2. The van der Waals surface area contributed by atoms with Crippen molar-refractivity contribution in [3.05, 3.63) is 36.2 Å². The van der Waals surface area contributed by atoms with Gasteiger partial charge in [0.25, 0.3) is 0 Å². The van der Waals surface area contributed by atoms with E-state index in [1.54, 1.807) is 24.4 Å². The molecule has 0 bridgehead atoms. The third-order valence-electron chi connectivity index (χ3n) is 2.92. The van der Waals surface area contributed by atoms with Crippen molar-refractivity contribution in [1.29, 1.82) is 0 Å². The predicted octanol–water partition coefficient (Wildman–Crippen LogP) is 1.20. The normalized spacial score (nSPS) is 11.5. The first-order valence-electron chi connectivity index (χ1n) is 6.13. The molecule has 20 heavy (non-hydrogen) atoms. The summed E-state index contributed by atoms with van der Waals surface area (Å²) in [6.07, 6.45) is 2.21. The topological polar surface area (TPSA) is 98.0 Å². The molecule has 0 aliphatic heterocycles. The van der Waals surface area contributed by atoms with Crippen LogP contribution >= 0.6 is 0 Å². The zero-order valence-corrected chi connectivity index (χ0v) is 12.1. The van der Waals surface area contributed by atoms with Crippen LogP contribution in [-0.4, -0.2) is 25.4 Å². The lowest BCUT2D eigenvalue weighted by atomic mass is 10.1. The number of nitrogens with zero attached hydrogens (tertiary/aromatic N) is 2. The number of hydrogen-bond donors (Lipinski definition) is 2. The summed E-state index contributed by atoms with van der Waals surface area (Å²) >= 11 is 0. The van der Waals surface area contributed by atoms with Gasteiger partial charge < -0.3 is 5.73 Å². The fourth-order valence-electron chi connectivity index (χ4n) is 1.78. The SMILES string of the molecule is CCc1nc(-c2cccc(S(=O)(=O)NC)c2)cnc1N. The number of nitrogens with one attached hydrogen (secondary N) is 1. The molecule has 1 heterocycles. The largest absolute Gasteiger partial charge is 0.382 e. The Morgan fingerprint density at radius 1 is 1.35 bits per heavy atom. The van der Waals surface area contributed by atoms with Gasteiger partial charge in [0.2, 0.25) is 10.0 Å². The molecule has 0 aliphatic carbocycles. The van der Waals surface area contributed by atoms with Crippen LogP contribution in [0.4, 0.5) is 5.82 Å². The summed E-state index contributed by atoms with van der Waals surface area (Å²) in [5.41, 5.74) is 7.70. The van der Waals surface area contributed by atoms with Crippen LogP contribution in [0.5, 0.6) is 0 Å². The summed E-state index contributed by atoms with van der Waals surface area (Å²) in [5.74, 6) is 0.398. The monoisotopic (exact) mass is 292 g/mol. The lowest BCUT2D eigenvalue weighted by molar-refractivity contribution is 0.588. The molecule has 106 valence electrons. The molecular weight excluding hydrogens is 276 g/mol. The van der Waals surface area contributed by atoms with Crippen molar-refractivity contribution in [3.63, 3.8) is 0 Å². The molecule has 0 amide bonds. The van der Waals surface area contributed by atoms with Gasteiger partial charge in [0.15, 0.2) is 0 Å². The molecule has 6 nitrogen and oxygen atoms in total. The smallest absolute Gasteiger partial charge is 0.240 e. The molecular formula is C13H16N4O2S. The van der Waals surface area contributed by atoms with E-state index in [4.69, 9.17) is 5.73 Å². The van der Waals surface area contributed by atoms with Crippen LogP contribution in [-0.2, 0) is 16.4 Å². The zero-order valence-electron chi connectivity index (χ0n) is 11.3. The maximum atomic E-state index is 11.8. The highest BCUT2D eigenvalue weighted by Gasteiger charge is 2.13. The molecule has 0 saturated carbocycles. The summed E-state index contributed by atoms with van der Waals surface area (Å²) in [5, 5.41) is 0. The molecule has 0 aliphatic rings. The van der Waals surface area contributed by atoms with E-state index in [1.807, 2.05) is 6.92 Å². The average molecular weight is 292 g/mol. The minimum Gasteiger partial charge on any atom is -0.382 e. The van der Waals surface area contributed by atoms with Gasteiger partial charge in [0.05, 0.1) is 22.5 Å². The van der Waals surface area contributed by atoms with Gasteiger partial charge in [-0.15, -0.1) is 0 Å². The highest BCUT2D eigenvalue weighted by Crippen LogP contribution is 2.21. The lowest BCUT2D eigenvalue weighted by Crippen LogP contribution is -2.18. The molecule has 1 aromatic carbocycles. The maximum Gasteiger partial charge on any atom is 0.240 e. The second kappa shape index (κ2) is 5.56. The molecule has 2 aromatic rings. The molecule has 7 heteroatoms. The number of anilines is 1. The first kappa shape index (κ1) is 14.4. The molecule has 2 rings (SSSR count). The van der Waals surface area contributed by atoms with Crippen molar-refractivity contribution >= 4 is 15.8 Å². The zero-order chi connectivity index (χ0) is 14.8. The summed E-state index contributed by atoms with van der Waals surface area (Å²) < 4.78 is 25.9. The van der Waals surface area contributed by atoms with Crippen LogP contribution < -0.4 is 10.5 Å². The Balaban J connectivity index is 2.52. The van der Waals surface area contributed by atoms with Crippen LogP contribution in [0.25, 0.3) is 11.3 Å². The van der Waals surface area contributed by atoms with E-state index < -0.39 is 10.0 Å². The maximum absolute atomic E-state index is 11.8. The third kappa shape index (κ3) is 2.78. The van der Waals surface area contributed by atoms with Gasteiger partial charge in [-0.2, -0.15) is 0 Å². The van der Waals surface area contributed by atoms with Crippen molar-refractivity contribution in [1.82, 2.24) is 14.7 Å². The van der Waals surface area contributed by atoms with Crippen molar-refractivity contribution in [2.45, 2.75) is 18.2 Å². The Morgan fingerprint density at radius 2 is 2.10 bits per heavy atom. The van der Waals surface area contributed by atoms with Gasteiger partial charge in [0, 0.05) is 5.56 Å². The predicted molar refractivity (Wildman–Crippen MR) is 77.5 cm³/mol. The van der Waals surface area contributed by atoms with Crippen molar-refractivity contribution in [2.75, 3.05) is 12.8 Å².